The zero-order valence-electron chi connectivity index (χ0n) is 16.2. The topological polar surface area (TPSA) is 55.4 Å². The Bertz CT molecular complexity index is 999. The van der Waals surface area contributed by atoms with Crippen molar-refractivity contribution in [2.24, 2.45) is 0 Å². The molecule has 0 aliphatic rings. The maximum Gasteiger partial charge on any atom is 0.573 e. The maximum atomic E-state index is 12.4. The molecule has 0 amide bonds. The number of hydrogen-bond donors (Lipinski definition) is 2. The highest BCUT2D eigenvalue weighted by atomic mass is 35.5. The summed E-state index contributed by atoms with van der Waals surface area (Å²) in [5, 5.41) is 8.20. The van der Waals surface area contributed by atoms with Crippen molar-refractivity contribution in [2.45, 2.75) is 19.3 Å². The van der Waals surface area contributed by atoms with Gasteiger partial charge in [0.05, 0.1) is 12.6 Å². The third-order valence-electron chi connectivity index (χ3n) is 4.35. The van der Waals surface area contributed by atoms with Gasteiger partial charge in [-0.1, -0.05) is 11.6 Å². The lowest BCUT2D eigenvalue weighted by Crippen LogP contribution is -2.19. The molecule has 0 saturated heterocycles. The van der Waals surface area contributed by atoms with E-state index in [0.29, 0.717) is 36.0 Å². The fourth-order valence-electron chi connectivity index (χ4n) is 3.03. The third-order valence-corrected chi connectivity index (χ3v) is 4.59. The summed E-state index contributed by atoms with van der Waals surface area (Å²) in [6.45, 7) is 1.73. The Morgan fingerprint density at radius 3 is 2.67 bits per heavy atom. The Morgan fingerprint density at radius 1 is 1.07 bits per heavy atom. The van der Waals surface area contributed by atoms with Crippen molar-refractivity contribution in [2.75, 3.05) is 25.5 Å². The molecule has 0 bridgehead atoms. The highest BCUT2D eigenvalue weighted by Crippen LogP contribution is 2.28. The summed E-state index contributed by atoms with van der Waals surface area (Å²) in [6, 6.07) is 11.5. The van der Waals surface area contributed by atoms with Crippen molar-refractivity contribution in [3.8, 4) is 11.5 Å². The zero-order chi connectivity index (χ0) is 21.6. The molecule has 1 aromatic heterocycles. The molecule has 0 aliphatic carbocycles. The highest BCUT2D eigenvalue weighted by molar-refractivity contribution is 6.31. The first-order valence-electron chi connectivity index (χ1n) is 9.27. The van der Waals surface area contributed by atoms with E-state index < -0.39 is 6.36 Å². The van der Waals surface area contributed by atoms with Gasteiger partial charge in [0.1, 0.15) is 11.5 Å². The monoisotopic (exact) mass is 439 g/mol. The van der Waals surface area contributed by atoms with Crippen LogP contribution in [0.1, 0.15) is 12.0 Å². The molecule has 0 fully saturated rings. The second-order valence-corrected chi connectivity index (χ2v) is 6.93. The van der Waals surface area contributed by atoms with Gasteiger partial charge in [0.25, 0.3) is 0 Å². The average molecular weight is 440 g/mol. The van der Waals surface area contributed by atoms with Gasteiger partial charge >= 0.3 is 6.36 Å². The van der Waals surface area contributed by atoms with E-state index in [1.165, 1.54) is 25.3 Å². The molecule has 3 aromatic rings. The molecule has 9 heteroatoms. The van der Waals surface area contributed by atoms with Gasteiger partial charge in [-0.05, 0) is 55.4 Å². The lowest BCUT2D eigenvalue weighted by Gasteiger charge is -2.14. The van der Waals surface area contributed by atoms with Crippen molar-refractivity contribution in [3.63, 3.8) is 0 Å². The summed E-state index contributed by atoms with van der Waals surface area (Å²) < 4.78 is 46.4. The lowest BCUT2D eigenvalue weighted by molar-refractivity contribution is -0.274. The Labute approximate surface area is 177 Å². The second-order valence-electron chi connectivity index (χ2n) is 6.50. The van der Waals surface area contributed by atoms with Crippen molar-refractivity contribution >= 4 is 28.2 Å². The second kappa shape index (κ2) is 9.86. The molecule has 0 spiro atoms. The largest absolute Gasteiger partial charge is 0.573 e. The quantitative estimate of drug-likeness (QED) is 0.438. The maximum absolute atomic E-state index is 12.4. The average Bonchev–Trinajstić information content (AvgIpc) is 2.69. The number of nitrogens with one attached hydrogen (secondary N) is 2. The van der Waals surface area contributed by atoms with E-state index in [1.54, 1.807) is 6.20 Å². The zero-order valence-corrected chi connectivity index (χ0v) is 17.0. The summed E-state index contributed by atoms with van der Waals surface area (Å²) in [7, 11) is 1.47. The number of hydrogen-bond acceptors (Lipinski definition) is 5. The van der Waals surface area contributed by atoms with Crippen LogP contribution in [-0.4, -0.2) is 31.5 Å². The number of fused-ring (bicyclic) bond motifs is 1. The molecule has 5 nitrogen and oxygen atoms in total. The van der Waals surface area contributed by atoms with Crippen LogP contribution in [-0.2, 0) is 6.54 Å². The molecular weight excluding hydrogens is 419 g/mol. The van der Waals surface area contributed by atoms with Crippen LogP contribution in [0.3, 0.4) is 0 Å². The van der Waals surface area contributed by atoms with Gasteiger partial charge in [-0.3, -0.25) is 4.98 Å². The molecule has 3 rings (SSSR count). The first-order valence-corrected chi connectivity index (χ1v) is 9.65. The minimum Gasteiger partial charge on any atom is -0.496 e. The van der Waals surface area contributed by atoms with Crippen LogP contribution in [0.25, 0.3) is 10.9 Å². The van der Waals surface area contributed by atoms with E-state index in [-0.39, 0.29) is 5.75 Å². The Kier molecular flexibility index (Phi) is 7.23. The van der Waals surface area contributed by atoms with Crippen LogP contribution in [0, 0.1) is 0 Å². The summed E-state index contributed by atoms with van der Waals surface area (Å²) in [4.78, 5) is 4.31. The van der Waals surface area contributed by atoms with E-state index >= 15 is 0 Å². The number of aromatic nitrogens is 1. The minimum atomic E-state index is -4.73. The van der Waals surface area contributed by atoms with Crippen molar-refractivity contribution in [3.05, 3.63) is 59.2 Å². The van der Waals surface area contributed by atoms with Crippen LogP contribution < -0.4 is 20.1 Å². The van der Waals surface area contributed by atoms with Gasteiger partial charge in [-0.25, -0.2) is 0 Å². The van der Waals surface area contributed by atoms with E-state index in [9.17, 15) is 13.2 Å². The number of ether oxygens (including phenoxy) is 2. The lowest BCUT2D eigenvalue weighted by atomic mass is 10.2. The van der Waals surface area contributed by atoms with Crippen molar-refractivity contribution < 1.29 is 22.6 Å². The molecule has 0 unspecified atom stereocenters. The van der Waals surface area contributed by atoms with Crippen LogP contribution in [0.2, 0.25) is 5.02 Å². The van der Waals surface area contributed by atoms with Gasteiger partial charge in [0, 0.05) is 40.9 Å². The molecule has 0 saturated carbocycles. The van der Waals surface area contributed by atoms with Gasteiger partial charge < -0.3 is 20.1 Å². The summed E-state index contributed by atoms with van der Waals surface area (Å²) >= 11 is 6.00. The number of anilines is 1. The number of methoxy groups -OCH3 is 1. The predicted octanol–water partition coefficient (Wildman–Crippen LogP) is 5.39. The minimum absolute atomic E-state index is 0.272. The van der Waals surface area contributed by atoms with Gasteiger partial charge in [0.15, 0.2) is 0 Å². The van der Waals surface area contributed by atoms with E-state index in [4.69, 9.17) is 16.3 Å². The van der Waals surface area contributed by atoms with E-state index in [0.717, 1.165) is 23.0 Å². The molecule has 0 radical (unpaired) electrons. The molecule has 30 heavy (non-hydrogen) atoms. The molecule has 2 aromatic carbocycles. The number of nitrogens with zero attached hydrogens (tertiary/aromatic N) is 1. The van der Waals surface area contributed by atoms with Crippen LogP contribution in [0.15, 0.2) is 48.7 Å². The standard InChI is InChI=1S/C21H21ClF3N3O2/c1-29-20-6-4-16(30-21(23,24)25)11-14(20)13-26-8-2-9-27-18-7-10-28-19-12-15(22)3-5-17(18)19/h3-7,10-12,26H,2,8-9,13H2,1H3,(H,27,28). The first-order chi connectivity index (χ1) is 14.4. The van der Waals surface area contributed by atoms with E-state index in [2.05, 4.69) is 20.4 Å². The van der Waals surface area contributed by atoms with Crippen molar-refractivity contribution in [1.29, 1.82) is 0 Å². The first kappa shape index (κ1) is 22.0. The van der Waals surface area contributed by atoms with Crippen molar-refractivity contribution in [1.82, 2.24) is 10.3 Å². The molecule has 1 heterocycles. The fourth-order valence-corrected chi connectivity index (χ4v) is 3.19. The number of rotatable bonds is 9. The Hall–Kier alpha value is -2.71. The Morgan fingerprint density at radius 2 is 1.90 bits per heavy atom. The molecule has 0 aliphatic heterocycles. The predicted molar refractivity (Wildman–Crippen MR) is 111 cm³/mol. The molecular formula is C21H21ClF3N3O2. The summed E-state index contributed by atoms with van der Waals surface area (Å²) in [5.41, 5.74) is 2.37. The number of alkyl halides is 3. The number of benzene rings is 2. The number of halogens is 4. The van der Waals surface area contributed by atoms with Crippen LogP contribution >= 0.6 is 11.6 Å². The van der Waals surface area contributed by atoms with E-state index in [1.807, 2.05) is 24.3 Å². The van der Waals surface area contributed by atoms with Gasteiger partial charge in [-0.2, -0.15) is 0 Å². The highest BCUT2D eigenvalue weighted by Gasteiger charge is 2.31. The summed E-state index contributed by atoms with van der Waals surface area (Å²) in [5.74, 6) is 0.225. The summed E-state index contributed by atoms with van der Waals surface area (Å²) in [6.07, 6.45) is -2.20. The Balaban J connectivity index is 1.49. The normalized spacial score (nSPS) is 11.5. The fraction of sp³-hybridized carbons (Fsp3) is 0.286. The van der Waals surface area contributed by atoms with Gasteiger partial charge in [-0.15, -0.1) is 13.2 Å². The van der Waals surface area contributed by atoms with Gasteiger partial charge in [0.2, 0.25) is 0 Å². The smallest absolute Gasteiger partial charge is 0.496 e. The number of pyridine rings is 1. The molecule has 2 N–H and O–H groups in total. The SMILES string of the molecule is COc1ccc(OC(F)(F)F)cc1CNCCCNc1ccnc2cc(Cl)ccc12. The van der Waals surface area contributed by atoms with Crippen LogP contribution in [0.5, 0.6) is 11.5 Å². The molecule has 160 valence electrons. The molecule has 0 atom stereocenters. The van der Waals surface area contributed by atoms with Crippen LogP contribution in [0.4, 0.5) is 18.9 Å². The third kappa shape index (κ3) is 6.14.